The van der Waals surface area contributed by atoms with E-state index in [0.717, 1.165) is 4.90 Å². The number of hydrogen-bond acceptors (Lipinski definition) is 2. The smallest absolute Gasteiger partial charge is 0.256 e. The lowest BCUT2D eigenvalue weighted by Gasteiger charge is -2.25. The van der Waals surface area contributed by atoms with Gasteiger partial charge < -0.3 is 9.80 Å². The number of hydrogen-bond donors (Lipinski definition) is 0. The van der Waals surface area contributed by atoms with Gasteiger partial charge in [-0.2, -0.15) is 0 Å². The summed E-state index contributed by atoms with van der Waals surface area (Å²) in [6.45, 7) is 1.89. The number of rotatable bonds is 5. The third-order valence-electron chi connectivity index (χ3n) is 3.65. The molecule has 0 bridgehead atoms. The van der Waals surface area contributed by atoms with Gasteiger partial charge in [0.1, 0.15) is 0 Å². The maximum absolute atomic E-state index is 12.8. The second-order valence-corrected chi connectivity index (χ2v) is 5.59. The van der Waals surface area contributed by atoms with Crippen molar-refractivity contribution in [2.75, 3.05) is 24.5 Å². The van der Waals surface area contributed by atoms with Gasteiger partial charge in [0.05, 0.1) is 12.5 Å². The highest BCUT2D eigenvalue weighted by Gasteiger charge is 2.36. The first-order valence-corrected chi connectivity index (χ1v) is 7.43. The molecular formula is C15H17ClF2N2O2. The van der Waals surface area contributed by atoms with Crippen LogP contribution in [-0.2, 0) is 9.59 Å². The van der Waals surface area contributed by atoms with Crippen molar-refractivity contribution in [1.29, 1.82) is 0 Å². The van der Waals surface area contributed by atoms with Gasteiger partial charge in [0.15, 0.2) is 0 Å². The summed E-state index contributed by atoms with van der Waals surface area (Å²) in [5.41, 5.74) is 0.320. The van der Waals surface area contributed by atoms with E-state index in [4.69, 9.17) is 11.6 Å². The fraction of sp³-hybridized carbons (Fsp3) is 0.467. The molecule has 2 rings (SSSR count). The standard InChI is InChI=1S/C15H17ClF2N2O2/c1-2-19-8-10(6-14(19)21)15(22)20(9-13(17)18)12-5-3-4-11(16)7-12/h3-5,7,10,13H,2,6,8-9H2,1H3. The largest absolute Gasteiger partial charge is 0.342 e. The van der Waals surface area contributed by atoms with E-state index in [-0.39, 0.29) is 18.9 Å². The van der Waals surface area contributed by atoms with Gasteiger partial charge in [-0.05, 0) is 25.1 Å². The SMILES string of the molecule is CCN1CC(C(=O)N(CC(F)F)c2cccc(Cl)c2)CC1=O. The monoisotopic (exact) mass is 330 g/mol. The number of amides is 2. The summed E-state index contributed by atoms with van der Waals surface area (Å²) < 4.78 is 25.7. The average Bonchev–Trinajstić information content (AvgIpc) is 2.85. The molecule has 0 spiro atoms. The van der Waals surface area contributed by atoms with E-state index in [1.165, 1.54) is 6.07 Å². The topological polar surface area (TPSA) is 40.6 Å². The van der Waals surface area contributed by atoms with Gasteiger partial charge in [0.25, 0.3) is 6.43 Å². The number of anilines is 1. The lowest BCUT2D eigenvalue weighted by Crippen LogP contribution is -2.40. The number of alkyl halides is 2. The van der Waals surface area contributed by atoms with Crippen molar-refractivity contribution < 1.29 is 18.4 Å². The molecule has 0 aliphatic carbocycles. The van der Waals surface area contributed by atoms with Crippen molar-refractivity contribution in [2.24, 2.45) is 5.92 Å². The van der Waals surface area contributed by atoms with Crippen LogP contribution in [0.2, 0.25) is 5.02 Å². The zero-order valence-corrected chi connectivity index (χ0v) is 12.9. The molecule has 7 heteroatoms. The quantitative estimate of drug-likeness (QED) is 0.833. The van der Waals surface area contributed by atoms with Crippen LogP contribution in [0.15, 0.2) is 24.3 Å². The Hall–Kier alpha value is -1.69. The molecule has 0 N–H and O–H groups in total. The molecule has 1 aliphatic heterocycles. The van der Waals surface area contributed by atoms with Crippen molar-refractivity contribution in [1.82, 2.24) is 4.90 Å². The highest BCUT2D eigenvalue weighted by molar-refractivity contribution is 6.30. The maximum atomic E-state index is 12.8. The number of likely N-dealkylation sites (tertiary alicyclic amines) is 1. The van der Waals surface area contributed by atoms with E-state index in [1.807, 2.05) is 6.92 Å². The molecule has 1 aromatic carbocycles. The summed E-state index contributed by atoms with van der Waals surface area (Å²) in [4.78, 5) is 26.9. The molecule has 1 unspecified atom stereocenters. The second-order valence-electron chi connectivity index (χ2n) is 5.15. The minimum absolute atomic E-state index is 0.0625. The summed E-state index contributed by atoms with van der Waals surface area (Å²) >= 11 is 5.87. The molecule has 1 saturated heterocycles. The molecule has 0 aromatic heterocycles. The summed E-state index contributed by atoms with van der Waals surface area (Å²) in [7, 11) is 0. The Bertz CT molecular complexity index is 568. The predicted octanol–water partition coefficient (Wildman–Crippen LogP) is 2.81. The van der Waals surface area contributed by atoms with Gasteiger partial charge in [0.2, 0.25) is 11.8 Å². The lowest BCUT2D eigenvalue weighted by atomic mass is 10.1. The van der Waals surface area contributed by atoms with Gasteiger partial charge >= 0.3 is 0 Å². The Morgan fingerprint density at radius 2 is 2.23 bits per heavy atom. The van der Waals surface area contributed by atoms with Crippen LogP contribution in [0.1, 0.15) is 13.3 Å². The van der Waals surface area contributed by atoms with E-state index < -0.39 is 24.8 Å². The second kappa shape index (κ2) is 7.05. The van der Waals surface area contributed by atoms with E-state index in [2.05, 4.69) is 0 Å². The molecule has 1 atom stereocenters. The number of benzene rings is 1. The first kappa shape index (κ1) is 16.7. The Morgan fingerprint density at radius 3 is 2.77 bits per heavy atom. The fourth-order valence-electron chi connectivity index (χ4n) is 2.57. The lowest BCUT2D eigenvalue weighted by molar-refractivity contribution is -0.128. The van der Waals surface area contributed by atoms with Gasteiger partial charge in [-0.3, -0.25) is 9.59 Å². The molecular weight excluding hydrogens is 314 g/mol. The number of carbonyl (C=O) groups excluding carboxylic acids is 2. The fourth-order valence-corrected chi connectivity index (χ4v) is 2.75. The molecule has 120 valence electrons. The summed E-state index contributed by atoms with van der Waals surface area (Å²) in [5.74, 6) is -1.18. The number of nitrogens with zero attached hydrogens (tertiary/aromatic N) is 2. The molecule has 0 radical (unpaired) electrons. The zero-order chi connectivity index (χ0) is 16.3. The minimum Gasteiger partial charge on any atom is -0.342 e. The van der Waals surface area contributed by atoms with Crippen molar-refractivity contribution in [3.05, 3.63) is 29.3 Å². The van der Waals surface area contributed by atoms with E-state index in [9.17, 15) is 18.4 Å². The Kier molecular flexibility index (Phi) is 5.34. The highest BCUT2D eigenvalue weighted by Crippen LogP contribution is 2.26. The Labute approximate surface area is 132 Å². The molecule has 1 fully saturated rings. The van der Waals surface area contributed by atoms with Crippen molar-refractivity contribution in [2.45, 2.75) is 19.8 Å². The van der Waals surface area contributed by atoms with E-state index in [0.29, 0.717) is 17.3 Å². The van der Waals surface area contributed by atoms with Crippen LogP contribution in [0.4, 0.5) is 14.5 Å². The Balaban J connectivity index is 2.22. The van der Waals surface area contributed by atoms with E-state index >= 15 is 0 Å². The van der Waals surface area contributed by atoms with E-state index in [1.54, 1.807) is 23.1 Å². The Morgan fingerprint density at radius 1 is 1.50 bits per heavy atom. The first-order valence-electron chi connectivity index (χ1n) is 7.05. The highest BCUT2D eigenvalue weighted by atomic mass is 35.5. The molecule has 0 saturated carbocycles. The third-order valence-corrected chi connectivity index (χ3v) is 3.89. The van der Waals surface area contributed by atoms with Crippen molar-refractivity contribution >= 4 is 29.1 Å². The van der Waals surface area contributed by atoms with Crippen LogP contribution in [-0.4, -0.2) is 42.8 Å². The van der Waals surface area contributed by atoms with Gasteiger partial charge in [-0.25, -0.2) is 8.78 Å². The maximum Gasteiger partial charge on any atom is 0.256 e. The van der Waals surface area contributed by atoms with Gasteiger partial charge in [0, 0.05) is 30.2 Å². The molecule has 2 amide bonds. The molecule has 1 heterocycles. The molecule has 4 nitrogen and oxygen atoms in total. The first-order chi connectivity index (χ1) is 10.4. The minimum atomic E-state index is -2.66. The summed E-state index contributed by atoms with van der Waals surface area (Å²) in [6.07, 6.45) is -2.60. The summed E-state index contributed by atoms with van der Waals surface area (Å²) in [5, 5.41) is 0.363. The number of halogens is 3. The van der Waals surface area contributed by atoms with Crippen molar-refractivity contribution in [3.63, 3.8) is 0 Å². The normalized spacial score (nSPS) is 18.1. The van der Waals surface area contributed by atoms with Gasteiger partial charge in [-0.15, -0.1) is 0 Å². The third kappa shape index (κ3) is 3.74. The van der Waals surface area contributed by atoms with Crippen molar-refractivity contribution in [3.8, 4) is 0 Å². The zero-order valence-electron chi connectivity index (χ0n) is 12.1. The van der Waals surface area contributed by atoms with Crippen LogP contribution < -0.4 is 4.90 Å². The molecule has 1 aliphatic rings. The molecule has 1 aromatic rings. The summed E-state index contributed by atoms with van der Waals surface area (Å²) in [6, 6.07) is 6.23. The molecule has 22 heavy (non-hydrogen) atoms. The van der Waals surface area contributed by atoms with Crippen LogP contribution in [0.3, 0.4) is 0 Å². The average molecular weight is 331 g/mol. The number of carbonyl (C=O) groups is 2. The van der Waals surface area contributed by atoms with Crippen LogP contribution in [0.25, 0.3) is 0 Å². The van der Waals surface area contributed by atoms with Gasteiger partial charge in [-0.1, -0.05) is 17.7 Å². The predicted molar refractivity (Wildman–Crippen MR) is 80.2 cm³/mol. The van der Waals surface area contributed by atoms with Crippen LogP contribution in [0, 0.1) is 5.92 Å². The van der Waals surface area contributed by atoms with Crippen LogP contribution in [0.5, 0.6) is 0 Å². The van der Waals surface area contributed by atoms with Crippen LogP contribution >= 0.6 is 11.6 Å².